The van der Waals surface area contributed by atoms with Crippen molar-refractivity contribution in [3.8, 4) is 6.07 Å². The van der Waals surface area contributed by atoms with Crippen LogP contribution in [0.4, 0.5) is 0 Å². The lowest BCUT2D eigenvalue weighted by atomic mass is 10.2. The summed E-state index contributed by atoms with van der Waals surface area (Å²) in [4.78, 5) is 4.00. The van der Waals surface area contributed by atoms with E-state index < -0.39 is 0 Å². The van der Waals surface area contributed by atoms with E-state index in [1.54, 1.807) is 46.8 Å². The van der Waals surface area contributed by atoms with E-state index in [1.807, 2.05) is 6.07 Å². The monoisotopic (exact) mass is 445 g/mol. The molecule has 0 N–H and O–H groups in total. The Morgan fingerprint density at radius 2 is 2.38 bits per heavy atom. The zero-order valence-corrected chi connectivity index (χ0v) is 15.2. The Kier molecular flexibility index (Phi) is 4.84. The topological polar surface area (TPSA) is 41.6 Å². The predicted octanol–water partition coefficient (Wildman–Crippen LogP) is 5.01. The fourth-order valence-electron chi connectivity index (χ4n) is 1.99. The second-order valence-corrected chi connectivity index (χ2v) is 8.46. The molecule has 0 radical (unpaired) electrons. The molecule has 1 aliphatic heterocycles. The number of nitriles is 1. The van der Waals surface area contributed by atoms with E-state index in [4.69, 9.17) is 11.6 Å². The Morgan fingerprint density at radius 3 is 3.05 bits per heavy atom. The molecule has 1 aromatic carbocycles. The lowest BCUT2D eigenvalue weighted by molar-refractivity contribution is 1.10. The summed E-state index contributed by atoms with van der Waals surface area (Å²) in [6.45, 7) is 0. The maximum Gasteiger partial charge on any atom is 0.145 e. The summed E-state index contributed by atoms with van der Waals surface area (Å²) >= 11 is 12.0. The maximum absolute atomic E-state index is 9.40. The molecule has 3 nitrogen and oxygen atoms in total. The van der Waals surface area contributed by atoms with Gasteiger partial charge in [-0.1, -0.05) is 17.7 Å². The number of allylic oxidation sites excluding steroid dienone is 1. The minimum Gasteiger partial charge on any atom is -0.296 e. The van der Waals surface area contributed by atoms with Crippen molar-refractivity contribution < 1.29 is 0 Å². The highest BCUT2D eigenvalue weighted by Crippen LogP contribution is 2.53. The number of imidazole rings is 1. The van der Waals surface area contributed by atoms with Crippen LogP contribution < -0.4 is 0 Å². The second-order valence-electron chi connectivity index (χ2n) is 4.30. The highest BCUT2D eigenvalue weighted by molar-refractivity contribution is 14.1. The van der Waals surface area contributed by atoms with Crippen molar-refractivity contribution in [1.82, 2.24) is 9.55 Å². The van der Waals surface area contributed by atoms with Crippen molar-refractivity contribution in [2.24, 2.45) is 0 Å². The third-order valence-corrected chi connectivity index (χ3v) is 6.91. The first-order valence-electron chi connectivity index (χ1n) is 6.06. The lowest BCUT2D eigenvalue weighted by Gasteiger charge is -2.10. The van der Waals surface area contributed by atoms with Crippen LogP contribution in [0.3, 0.4) is 0 Å². The van der Waals surface area contributed by atoms with Crippen molar-refractivity contribution in [2.75, 3.05) is 5.75 Å². The summed E-state index contributed by atoms with van der Waals surface area (Å²) in [5.74, 6) is 0.917. The number of hydrogen-bond acceptors (Lipinski definition) is 4. The molecule has 2 aromatic rings. The average Bonchev–Trinajstić information content (AvgIpc) is 3.12. The van der Waals surface area contributed by atoms with Gasteiger partial charge in [-0.05, 0) is 40.3 Å². The molecule has 0 aliphatic carbocycles. The van der Waals surface area contributed by atoms with Gasteiger partial charge in [0.2, 0.25) is 0 Å². The Balaban J connectivity index is 1.90. The minimum atomic E-state index is 0.279. The number of halogens is 2. The minimum absolute atomic E-state index is 0.279. The van der Waals surface area contributed by atoms with Crippen LogP contribution in [0.5, 0.6) is 0 Å². The number of rotatable bonds is 2. The van der Waals surface area contributed by atoms with Crippen LogP contribution >= 0.6 is 57.7 Å². The van der Waals surface area contributed by atoms with Gasteiger partial charge in [-0.3, -0.25) is 4.57 Å². The second kappa shape index (κ2) is 6.65. The molecule has 1 aromatic heterocycles. The molecule has 0 unspecified atom stereocenters. The third kappa shape index (κ3) is 3.26. The Labute approximate surface area is 149 Å². The van der Waals surface area contributed by atoms with Gasteiger partial charge in [-0.2, -0.15) is 5.26 Å². The number of thioether (sulfide) groups is 2. The molecule has 0 bridgehead atoms. The smallest absolute Gasteiger partial charge is 0.145 e. The Hall–Kier alpha value is -0.620. The first-order valence-corrected chi connectivity index (χ1v) is 9.38. The van der Waals surface area contributed by atoms with Crippen molar-refractivity contribution in [1.29, 1.82) is 5.26 Å². The SMILES string of the molecule is N#C/C(=C1/SC[C@@H](c2ccc(I)cc2Cl)S1)n1ccnc1. The van der Waals surface area contributed by atoms with Crippen LogP contribution in [-0.2, 0) is 0 Å². The molecule has 7 heteroatoms. The zero-order valence-electron chi connectivity index (χ0n) is 10.7. The van der Waals surface area contributed by atoms with Gasteiger partial charge in [0.1, 0.15) is 11.8 Å². The van der Waals surface area contributed by atoms with Crippen LogP contribution in [-0.4, -0.2) is 15.3 Å². The van der Waals surface area contributed by atoms with Gasteiger partial charge < -0.3 is 0 Å². The molecule has 21 heavy (non-hydrogen) atoms. The van der Waals surface area contributed by atoms with Crippen molar-refractivity contribution in [2.45, 2.75) is 5.25 Å². The van der Waals surface area contributed by atoms with Gasteiger partial charge in [0, 0.05) is 32.0 Å². The summed E-state index contributed by atoms with van der Waals surface area (Å²) < 4.78 is 3.91. The summed E-state index contributed by atoms with van der Waals surface area (Å²) in [6.07, 6.45) is 5.12. The van der Waals surface area contributed by atoms with Gasteiger partial charge in [0.15, 0.2) is 0 Å². The molecule has 0 spiro atoms. The van der Waals surface area contributed by atoms with Gasteiger partial charge in [-0.25, -0.2) is 4.98 Å². The highest BCUT2D eigenvalue weighted by Gasteiger charge is 2.27. The zero-order chi connectivity index (χ0) is 14.8. The molecule has 1 atom stereocenters. The van der Waals surface area contributed by atoms with Crippen LogP contribution in [0, 0.1) is 14.9 Å². The number of benzene rings is 1. The van der Waals surface area contributed by atoms with Crippen LogP contribution in [0.25, 0.3) is 5.70 Å². The summed E-state index contributed by atoms with van der Waals surface area (Å²) in [7, 11) is 0. The standard InChI is InChI=1S/C14H9ClIN3S2/c15-11-5-9(16)1-2-10(11)13-7-20-14(21-13)12(6-17)19-4-3-18-8-19/h1-5,8,13H,7H2/b14-12+/t13-/m0/s1. The largest absolute Gasteiger partial charge is 0.296 e. The average molecular weight is 446 g/mol. The van der Waals surface area contributed by atoms with Gasteiger partial charge >= 0.3 is 0 Å². The van der Waals surface area contributed by atoms with Gasteiger partial charge in [0.05, 0.1) is 10.6 Å². The predicted molar refractivity (Wildman–Crippen MR) is 98.0 cm³/mol. The van der Waals surface area contributed by atoms with E-state index in [9.17, 15) is 5.26 Å². The van der Waals surface area contributed by atoms with E-state index in [-0.39, 0.29) is 5.25 Å². The van der Waals surface area contributed by atoms with Crippen molar-refractivity contribution in [3.05, 3.63) is 55.3 Å². The molecule has 0 saturated carbocycles. The fourth-order valence-corrected chi connectivity index (χ4v) is 5.97. The number of aromatic nitrogens is 2. The first kappa shape index (κ1) is 15.3. The highest BCUT2D eigenvalue weighted by atomic mass is 127. The van der Waals surface area contributed by atoms with Crippen LogP contribution in [0.2, 0.25) is 5.02 Å². The van der Waals surface area contributed by atoms with E-state index in [0.717, 1.165) is 24.1 Å². The van der Waals surface area contributed by atoms with Gasteiger partial charge in [0.25, 0.3) is 0 Å². The molecule has 106 valence electrons. The fraction of sp³-hybridized carbons (Fsp3) is 0.143. The van der Waals surface area contributed by atoms with Crippen LogP contribution in [0.1, 0.15) is 10.8 Å². The van der Waals surface area contributed by atoms with E-state index in [0.29, 0.717) is 5.70 Å². The van der Waals surface area contributed by atoms with Gasteiger partial charge in [-0.15, -0.1) is 23.5 Å². The first-order chi connectivity index (χ1) is 10.2. The summed E-state index contributed by atoms with van der Waals surface area (Å²) in [6, 6.07) is 8.39. The molecule has 1 aliphatic rings. The Bertz CT molecular complexity index is 737. The quantitative estimate of drug-likeness (QED) is 0.481. The maximum atomic E-state index is 9.40. The molecule has 1 saturated heterocycles. The van der Waals surface area contributed by atoms with Crippen molar-refractivity contribution in [3.63, 3.8) is 0 Å². The molecule has 2 heterocycles. The molecular formula is C14H9ClIN3S2. The van der Waals surface area contributed by atoms with E-state index in [1.165, 1.54) is 0 Å². The van der Waals surface area contributed by atoms with E-state index in [2.05, 4.69) is 45.8 Å². The normalized spacial score (nSPS) is 20.3. The van der Waals surface area contributed by atoms with Crippen LogP contribution in [0.15, 0.2) is 41.2 Å². The third-order valence-electron chi connectivity index (χ3n) is 2.99. The van der Waals surface area contributed by atoms with Crippen molar-refractivity contribution >= 4 is 63.4 Å². The van der Waals surface area contributed by atoms with E-state index >= 15 is 0 Å². The number of nitrogens with zero attached hydrogens (tertiary/aromatic N) is 3. The molecule has 3 rings (SSSR count). The molecule has 1 fully saturated rings. The molecular weight excluding hydrogens is 437 g/mol. The number of hydrogen-bond donors (Lipinski definition) is 0. The molecule has 0 amide bonds. The summed E-state index contributed by atoms with van der Waals surface area (Å²) in [5.41, 5.74) is 1.76. The summed E-state index contributed by atoms with van der Waals surface area (Å²) in [5, 5.41) is 10.5. The lowest BCUT2D eigenvalue weighted by Crippen LogP contribution is -1.94. The Morgan fingerprint density at radius 1 is 1.52 bits per heavy atom.